The van der Waals surface area contributed by atoms with E-state index < -0.39 is 72.1 Å². The number of aliphatic hydroxyl groups is 1. The number of carboxylic acids is 1. The van der Waals surface area contributed by atoms with Crippen LogP contribution in [-0.2, 0) is 35.8 Å². The lowest BCUT2D eigenvalue weighted by atomic mass is 9.47. The van der Waals surface area contributed by atoms with E-state index >= 15 is 0 Å². The topological polar surface area (TPSA) is 248 Å². The molecule has 1 fully saturated rings. The molecule has 17 nitrogen and oxygen atoms in total. The second-order valence-electron chi connectivity index (χ2n) is 13.7. The summed E-state index contributed by atoms with van der Waals surface area (Å²) in [6.45, 7) is 0.330. The largest absolute Gasteiger partial charge is 0.493 e. The summed E-state index contributed by atoms with van der Waals surface area (Å²) in [6.07, 6.45) is 3.68. The molecular formula is C34H47N7O10. The van der Waals surface area contributed by atoms with E-state index in [9.17, 15) is 34.2 Å². The highest BCUT2D eigenvalue weighted by Gasteiger charge is 2.71. The number of ether oxygens (including phenoxy) is 3. The average molecular weight is 714 g/mol. The first-order valence-corrected chi connectivity index (χ1v) is 16.9. The molecule has 1 aliphatic heterocycles. The van der Waals surface area contributed by atoms with Crippen LogP contribution in [0.1, 0.15) is 56.6 Å². The van der Waals surface area contributed by atoms with Crippen molar-refractivity contribution in [3.8, 4) is 11.5 Å². The second-order valence-corrected chi connectivity index (χ2v) is 13.7. The minimum Gasteiger partial charge on any atom is -0.493 e. The molecule has 51 heavy (non-hydrogen) atoms. The maximum atomic E-state index is 13.7. The summed E-state index contributed by atoms with van der Waals surface area (Å²) in [6, 6.07) is 1.35. The summed E-state index contributed by atoms with van der Waals surface area (Å²) in [4.78, 5) is 69.8. The molecule has 1 aromatic rings. The van der Waals surface area contributed by atoms with E-state index in [2.05, 4.69) is 15.6 Å². The summed E-state index contributed by atoms with van der Waals surface area (Å²) in [5, 5.41) is 26.7. The van der Waals surface area contributed by atoms with Crippen LogP contribution in [0.15, 0.2) is 29.0 Å². The minimum absolute atomic E-state index is 0.00798. The van der Waals surface area contributed by atoms with Crippen molar-refractivity contribution in [3.05, 3.63) is 35.1 Å². The number of carbonyl (C=O) groups is 5. The summed E-state index contributed by atoms with van der Waals surface area (Å²) < 4.78 is 18.1. The molecule has 8 N–H and O–H groups in total. The molecule has 1 aromatic carbocycles. The average Bonchev–Trinajstić information content (AvgIpc) is 3.41. The standard InChI is InChI=1S/C34H47N7O10/c1-18(42)38-21(8-6-14-37-31(35)36)29(45)39-22(30(46)40(2)17-25(43)44)16-41(3)32(47)50-24-11-13-34(48)20-7-5-12-33(34)26-19(15-20)9-10-23(49-4)27(26)51-28(24)33/h9-11,20-22,28,48H,5-8,12-17H2,1-4H3,(H,38,42)(H,39,45)(H,43,44)(H4,35,36,37)/t20-,21+,22+,28?,33+,34?/m1/s1. The number of benzene rings is 1. The molecule has 4 amide bonds. The Bertz CT molecular complexity index is 1640. The summed E-state index contributed by atoms with van der Waals surface area (Å²) in [5.74, 6) is -2.20. The van der Waals surface area contributed by atoms with E-state index in [-0.39, 0.29) is 37.0 Å². The zero-order valence-corrected chi connectivity index (χ0v) is 29.3. The van der Waals surface area contributed by atoms with Gasteiger partial charge >= 0.3 is 12.1 Å². The number of nitrogens with two attached hydrogens (primary N) is 2. The fourth-order valence-electron chi connectivity index (χ4n) is 8.23. The molecule has 17 heteroatoms. The third-order valence-corrected chi connectivity index (χ3v) is 10.4. The van der Waals surface area contributed by atoms with E-state index in [1.165, 1.54) is 21.0 Å². The fraction of sp³-hybridized carbons (Fsp3) is 0.588. The summed E-state index contributed by atoms with van der Waals surface area (Å²) >= 11 is 0. The van der Waals surface area contributed by atoms with Gasteiger partial charge in [-0.15, -0.1) is 0 Å². The maximum Gasteiger partial charge on any atom is 0.414 e. The number of carboxylic acid groups (broad SMARTS) is 1. The van der Waals surface area contributed by atoms with Crippen LogP contribution in [-0.4, -0.2) is 120 Å². The van der Waals surface area contributed by atoms with Crippen LogP contribution in [0.2, 0.25) is 0 Å². The van der Waals surface area contributed by atoms with Crippen molar-refractivity contribution in [3.63, 3.8) is 0 Å². The number of rotatable bonds is 14. The number of nitrogens with one attached hydrogen (secondary N) is 2. The van der Waals surface area contributed by atoms with Crippen molar-refractivity contribution in [2.24, 2.45) is 22.4 Å². The van der Waals surface area contributed by atoms with Crippen molar-refractivity contribution < 1.29 is 48.4 Å². The third-order valence-electron chi connectivity index (χ3n) is 10.4. The van der Waals surface area contributed by atoms with E-state index in [4.69, 9.17) is 25.7 Å². The van der Waals surface area contributed by atoms with Gasteiger partial charge in [0.05, 0.1) is 24.7 Å². The first-order valence-electron chi connectivity index (χ1n) is 16.9. The monoisotopic (exact) mass is 713 g/mol. The number of guanidine groups is 1. The van der Waals surface area contributed by atoms with Gasteiger partial charge in [-0.05, 0) is 62.1 Å². The Balaban J connectivity index is 1.36. The summed E-state index contributed by atoms with van der Waals surface area (Å²) in [5.41, 5.74) is 10.7. The highest BCUT2D eigenvalue weighted by molar-refractivity contribution is 5.93. The van der Waals surface area contributed by atoms with E-state index in [0.717, 1.165) is 33.8 Å². The molecule has 0 radical (unpaired) electrons. The van der Waals surface area contributed by atoms with E-state index in [0.29, 0.717) is 30.8 Å². The molecule has 3 aliphatic carbocycles. The van der Waals surface area contributed by atoms with Crippen molar-refractivity contribution in [2.75, 3.05) is 40.8 Å². The number of hydrogen-bond donors (Lipinski definition) is 6. The molecule has 1 saturated carbocycles. The Hall–Kier alpha value is -5.06. The Labute approximate surface area is 295 Å². The lowest BCUT2D eigenvalue weighted by molar-refractivity contribution is -0.149. The first-order chi connectivity index (χ1) is 24.1. The predicted octanol–water partition coefficient (Wildman–Crippen LogP) is -0.277. The van der Waals surface area contributed by atoms with Crippen molar-refractivity contribution >= 4 is 35.7 Å². The van der Waals surface area contributed by atoms with Gasteiger partial charge in [0, 0.05) is 33.1 Å². The van der Waals surface area contributed by atoms with Crippen LogP contribution in [0.25, 0.3) is 0 Å². The molecule has 4 aliphatic rings. The molecular weight excluding hydrogens is 666 g/mol. The molecule has 1 heterocycles. The molecule has 2 bridgehead atoms. The van der Waals surface area contributed by atoms with Crippen LogP contribution in [0.4, 0.5) is 4.79 Å². The normalized spacial score (nSPS) is 24.7. The predicted molar refractivity (Wildman–Crippen MR) is 182 cm³/mol. The van der Waals surface area contributed by atoms with Gasteiger partial charge in [0.15, 0.2) is 23.6 Å². The lowest BCUT2D eigenvalue weighted by Crippen LogP contribution is -2.67. The molecule has 5 rings (SSSR count). The third kappa shape index (κ3) is 6.98. The van der Waals surface area contributed by atoms with E-state index in [1.807, 2.05) is 12.1 Å². The van der Waals surface area contributed by atoms with Crippen LogP contribution in [0.3, 0.4) is 0 Å². The molecule has 278 valence electrons. The van der Waals surface area contributed by atoms with Crippen LogP contribution >= 0.6 is 0 Å². The zero-order valence-electron chi connectivity index (χ0n) is 29.3. The van der Waals surface area contributed by atoms with Gasteiger partial charge in [-0.25, -0.2) is 4.79 Å². The van der Waals surface area contributed by atoms with Gasteiger partial charge < -0.3 is 56.3 Å². The molecule has 0 aromatic heterocycles. The van der Waals surface area contributed by atoms with Crippen molar-refractivity contribution in [2.45, 2.75) is 81.1 Å². The van der Waals surface area contributed by atoms with Gasteiger partial charge in [0.25, 0.3) is 0 Å². The molecule has 1 spiro atoms. The van der Waals surface area contributed by atoms with Gasteiger partial charge in [0.2, 0.25) is 17.7 Å². The van der Waals surface area contributed by atoms with Gasteiger partial charge in [-0.2, -0.15) is 0 Å². The number of carbonyl (C=O) groups excluding carboxylic acids is 4. The SMILES string of the molecule is COc1ccc2c3c1OC1C(OC(=O)N(C)C[C@H](NC(=O)[C@H](CCCN=C(N)N)NC(C)=O)C(=O)N(C)CC(=O)O)=CCC4(O)[C@H](CCC[C@]314)C2. The van der Waals surface area contributed by atoms with Gasteiger partial charge in [-0.1, -0.05) is 12.5 Å². The van der Waals surface area contributed by atoms with Gasteiger partial charge in [0.1, 0.15) is 24.4 Å². The quantitative estimate of drug-likeness (QED) is 0.0828. The number of likely N-dealkylation sites (N-methyl/N-ethyl adjacent to an activating group) is 2. The summed E-state index contributed by atoms with van der Waals surface area (Å²) in [7, 11) is 4.16. The Morgan fingerprint density at radius 3 is 2.55 bits per heavy atom. The maximum absolute atomic E-state index is 13.7. The second kappa shape index (κ2) is 14.7. The van der Waals surface area contributed by atoms with Gasteiger partial charge in [-0.3, -0.25) is 24.2 Å². The Morgan fingerprint density at radius 2 is 1.88 bits per heavy atom. The fourth-order valence-corrected chi connectivity index (χ4v) is 8.23. The number of nitrogens with zero attached hydrogens (tertiary/aromatic N) is 3. The lowest BCUT2D eigenvalue weighted by Gasteiger charge is -2.59. The smallest absolute Gasteiger partial charge is 0.414 e. The highest BCUT2D eigenvalue weighted by atomic mass is 16.6. The van der Waals surface area contributed by atoms with E-state index in [1.54, 1.807) is 13.2 Å². The zero-order chi connectivity index (χ0) is 37.2. The number of aliphatic carboxylic acids is 1. The molecule has 0 saturated heterocycles. The highest BCUT2D eigenvalue weighted by Crippen LogP contribution is 2.67. The van der Waals surface area contributed by atoms with Crippen molar-refractivity contribution in [1.29, 1.82) is 0 Å². The first kappa shape index (κ1) is 37.2. The molecule has 6 atom stereocenters. The Kier molecular flexibility index (Phi) is 10.7. The van der Waals surface area contributed by atoms with Crippen LogP contribution in [0.5, 0.6) is 11.5 Å². The van der Waals surface area contributed by atoms with Crippen molar-refractivity contribution in [1.82, 2.24) is 20.4 Å². The Morgan fingerprint density at radius 1 is 1.14 bits per heavy atom. The number of aliphatic imine (C=N–C) groups is 1. The number of methoxy groups -OCH3 is 1. The minimum atomic E-state index is -1.42. The number of hydrogen-bond acceptors (Lipinski definition) is 10. The van der Waals surface area contributed by atoms with Crippen LogP contribution < -0.4 is 31.6 Å². The molecule has 2 unspecified atom stereocenters. The number of amides is 4. The van der Waals surface area contributed by atoms with Crippen LogP contribution in [0, 0.1) is 5.92 Å².